The molecule has 0 radical (unpaired) electrons. The van der Waals surface area contributed by atoms with Gasteiger partial charge in [0.25, 0.3) is 0 Å². The number of rotatable bonds is 2. The Morgan fingerprint density at radius 3 is 1.36 bits per heavy atom. The lowest BCUT2D eigenvalue weighted by Gasteiger charge is -2.03. The smallest absolute Gasteiger partial charge is 0.158 e. The van der Waals surface area contributed by atoms with Crippen molar-refractivity contribution in [3.05, 3.63) is 109 Å². The molecule has 0 aliphatic heterocycles. The minimum Gasteiger partial charge on any atom is -0.252 e. The first-order valence-electron chi connectivity index (χ1n) is 13.9. The third-order valence-corrected chi connectivity index (χ3v) is 13.0. The molecule has 0 aliphatic carbocycles. The molecule has 0 saturated carbocycles. The average molecular weight is 643 g/mol. The van der Waals surface area contributed by atoms with Crippen molar-refractivity contribution in [1.29, 1.82) is 0 Å². The third kappa shape index (κ3) is 3.53. The fourth-order valence-corrected chi connectivity index (χ4v) is 11.1. The molecule has 10 rings (SSSR count). The van der Waals surface area contributed by atoms with Crippen molar-refractivity contribution in [3.8, 4) is 21.1 Å². The van der Waals surface area contributed by atoms with Gasteiger partial charge in [0.05, 0.1) is 19.2 Å². The molecule has 0 spiro atoms. The summed E-state index contributed by atoms with van der Waals surface area (Å²) in [4.78, 5) is 10.6. The van der Waals surface area contributed by atoms with E-state index in [4.69, 9.17) is 0 Å². The first-order chi connectivity index (χ1) is 21.6. The van der Waals surface area contributed by atoms with Crippen molar-refractivity contribution in [1.82, 2.24) is 9.97 Å². The normalized spacial score (nSPS) is 12.3. The summed E-state index contributed by atoms with van der Waals surface area (Å²) < 4.78 is 38.1. The van der Waals surface area contributed by atoms with Crippen LogP contribution in [0.5, 0.6) is 0 Å². The highest BCUT2D eigenvalue weighted by Gasteiger charge is 2.19. The van der Waals surface area contributed by atoms with Gasteiger partial charge in [0, 0.05) is 63.5 Å². The van der Waals surface area contributed by atoms with Crippen LogP contribution < -0.4 is 0 Å². The van der Waals surface area contributed by atoms with Gasteiger partial charge in [-0.15, -0.1) is 45.3 Å². The summed E-state index contributed by atoms with van der Waals surface area (Å²) in [5, 5.41) is 7.43. The summed E-state index contributed by atoms with van der Waals surface area (Å²) in [5.41, 5.74) is 0.803. The quantitative estimate of drug-likeness (QED) is 0.187. The maximum Gasteiger partial charge on any atom is 0.158 e. The Labute approximate surface area is 264 Å². The van der Waals surface area contributed by atoms with Crippen LogP contribution in [-0.2, 0) is 0 Å². The second kappa shape index (κ2) is 9.09. The lowest BCUT2D eigenvalue weighted by Crippen LogP contribution is -1.88. The Hall–Kier alpha value is -4.34. The Bertz CT molecular complexity index is 2630. The Morgan fingerprint density at radius 2 is 0.886 bits per heavy atom. The lowest BCUT2D eigenvalue weighted by atomic mass is 10.1. The second-order valence-electron chi connectivity index (χ2n) is 10.9. The molecular weight excluding hydrogens is 627 g/mol. The van der Waals surface area contributed by atoms with Crippen LogP contribution in [0.25, 0.3) is 92.4 Å². The molecule has 4 aromatic carbocycles. The lowest BCUT2D eigenvalue weighted by molar-refractivity contribution is 0.638. The number of benzene rings is 4. The van der Waals surface area contributed by atoms with Crippen LogP contribution >= 0.6 is 45.3 Å². The first-order valence-corrected chi connectivity index (χ1v) is 17.2. The van der Waals surface area contributed by atoms with E-state index in [-0.39, 0.29) is 11.6 Å². The van der Waals surface area contributed by atoms with E-state index < -0.39 is 0 Å². The molecule has 0 amide bonds. The van der Waals surface area contributed by atoms with Crippen molar-refractivity contribution in [2.75, 3.05) is 0 Å². The zero-order chi connectivity index (χ0) is 29.1. The third-order valence-electron chi connectivity index (χ3n) is 8.30. The van der Waals surface area contributed by atoms with Crippen LogP contribution in [0, 0.1) is 11.6 Å². The van der Waals surface area contributed by atoms with Crippen molar-refractivity contribution < 1.29 is 8.78 Å². The van der Waals surface area contributed by atoms with E-state index in [1.54, 1.807) is 69.9 Å². The summed E-state index contributed by atoms with van der Waals surface area (Å²) in [6.45, 7) is 0. The number of hydrogen-bond donors (Lipinski definition) is 0. The molecule has 0 aliphatic rings. The minimum atomic E-state index is -0.273. The van der Waals surface area contributed by atoms with E-state index in [9.17, 15) is 0 Å². The maximum absolute atomic E-state index is 15.5. The molecule has 0 atom stereocenters. The van der Waals surface area contributed by atoms with Crippen LogP contribution in [0.4, 0.5) is 8.78 Å². The second-order valence-corrected chi connectivity index (χ2v) is 15.1. The van der Waals surface area contributed by atoms with Gasteiger partial charge in [-0.2, -0.15) is 0 Å². The average Bonchev–Trinajstić information content (AvgIpc) is 3.81. The summed E-state index contributed by atoms with van der Waals surface area (Å²) in [6, 6.07) is 28.0. The Balaban J connectivity index is 1.10. The number of halogens is 2. The van der Waals surface area contributed by atoms with E-state index in [2.05, 4.69) is 46.4 Å². The van der Waals surface area contributed by atoms with Gasteiger partial charge in [-0.05, 0) is 47.2 Å². The highest BCUT2D eigenvalue weighted by atomic mass is 32.1. The molecule has 10 aromatic rings. The van der Waals surface area contributed by atoms with Gasteiger partial charge >= 0.3 is 0 Å². The maximum atomic E-state index is 15.5. The molecule has 8 heteroatoms. The molecular formula is C36H16F2N2S4. The van der Waals surface area contributed by atoms with E-state index in [1.165, 1.54) is 29.6 Å². The molecule has 0 bridgehead atoms. The number of nitrogens with zero attached hydrogens (tertiary/aromatic N) is 2. The van der Waals surface area contributed by atoms with Gasteiger partial charge in [0.2, 0.25) is 0 Å². The summed E-state index contributed by atoms with van der Waals surface area (Å²) in [6.07, 6.45) is 3.50. The molecule has 0 saturated heterocycles. The fraction of sp³-hybridized carbons (Fsp3) is 0. The largest absolute Gasteiger partial charge is 0.252 e. The molecule has 0 N–H and O–H groups in total. The van der Waals surface area contributed by atoms with Gasteiger partial charge in [0.1, 0.15) is 11.4 Å². The molecule has 44 heavy (non-hydrogen) atoms. The van der Waals surface area contributed by atoms with Gasteiger partial charge in [-0.3, -0.25) is 9.97 Å². The van der Waals surface area contributed by atoms with Crippen molar-refractivity contribution in [3.63, 3.8) is 0 Å². The first kappa shape index (κ1) is 25.0. The molecule has 6 aromatic heterocycles. The zero-order valence-corrected chi connectivity index (χ0v) is 25.8. The Kier molecular flexibility index (Phi) is 5.17. The van der Waals surface area contributed by atoms with E-state index in [1.807, 2.05) is 36.4 Å². The standard InChI is InChI=1S/C36H16F2N2S4/c37-31-21-7-3-1-5-17(21)15-39-33(31)29-11-19-9-23-27(13-25(19)41-29)43-36-24-10-20-12-30(42-26(20)14-28(24)44-35(23)36)34-32(38)22-8-4-2-6-18(22)16-40-34/h1-16H. The number of pyridine rings is 2. The molecule has 0 fully saturated rings. The number of thiophene rings is 4. The summed E-state index contributed by atoms with van der Waals surface area (Å²) in [5.74, 6) is -0.545. The summed E-state index contributed by atoms with van der Waals surface area (Å²) in [7, 11) is 0. The van der Waals surface area contributed by atoms with E-state index in [0.717, 1.165) is 40.7 Å². The SMILES string of the molecule is Fc1c(-c2cc3cc4c(cc3s2)sc2c3cc5cc(-c6ncc7ccccc7c6F)sc5cc3sc42)ncc2ccccc12. The number of hydrogen-bond acceptors (Lipinski definition) is 6. The molecule has 0 unspecified atom stereocenters. The van der Waals surface area contributed by atoms with Crippen molar-refractivity contribution in [2.45, 2.75) is 0 Å². The number of aromatic nitrogens is 2. The zero-order valence-electron chi connectivity index (χ0n) is 22.5. The van der Waals surface area contributed by atoms with Crippen molar-refractivity contribution >= 4 is 117 Å². The highest BCUT2D eigenvalue weighted by Crippen LogP contribution is 2.49. The fourth-order valence-electron chi connectivity index (χ4n) is 6.16. The highest BCUT2D eigenvalue weighted by molar-refractivity contribution is 7.37. The topological polar surface area (TPSA) is 25.8 Å². The monoisotopic (exact) mass is 642 g/mol. The van der Waals surface area contributed by atoms with Gasteiger partial charge in [-0.1, -0.05) is 48.5 Å². The van der Waals surface area contributed by atoms with Crippen LogP contribution in [0.2, 0.25) is 0 Å². The van der Waals surface area contributed by atoms with E-state index in [0.29, 0.717) is 22.2 Å². The molecule has 2 nitrogen and oxygen atoms in total. The minimum absolute atomic E-state index is 0.273. The van der Waals surface area contributed by atoms with Crippen LogP contribution in [-0.4, -0.2) is 9.97 Å². The van der Waals surface area contributed by atoms with Crippen LogP contribution in [0.15, 0.2) is 97.3 Å². The predicted octanol–water partition coefficient (Wildman–Crippen LogP) is 12.4. The van der Waals surface area contributed by atoms with Gasteiger partial charge < -0.3 is 0 Å². The van der Waals surface area contributed by atoms with Gasteiger partial charge in [0.15, 0.2) is 11.6 Å². The van der Waals surface area contributed by atoms with Crippen LogP contribution in [0.1, 0.15) is 0 Å². The predicted molar refractivity (Wildman–Crippen MR) is 187 cm³/mol. The van der Waals surface area contributed by atoms with Crippen molar-refractivity contribution in [2.24, 2.45) is 0 Å². The molecule has 208 valence electrons. The Morgan fingerprint density at radius 1 is 0.432 bits per heavy atom. The molecule has 6 heterocycles. The number of fused-ring (bicyclic) bond motifs is 9. The van der Waals surface area contributed by atoms with Gasteiger partial charge in [-0.25, -0.2) is 8.78 Å². The van der Waals surface area contributed by atoms with E-state index >= 15 is 8.78 Å². The van der Waals surface area contributed by atoms with Crippen LogP contribution in [0.3, 0.4) is 0 Å². The summed E-state index contributed by atoms with van der Waals surface area (Å²) >= 11 is 6.75.